The Morgan fingerprint density at radius 1 is 1.33 bits per heavy atom. The van der Waals surface area contributed by atoms with Gasteiger partial charge in [-0.25, -0.2) is 4.39 Å². The van der Waals surface area contributed by atoms with E-state index in [-0.39, 0.29) is 17.7 Å². The molecule has 2 saturated heterocycles. The number of aliphatic hydroxyl groups is 1. The molecule has 0 bridgehead atoms. The maximum absolute atomic E-state index is 13.3. The first-order valence-electron chi connectivity index (χ1n) is 9.32. The Morgan fingerprint density at radius 3 is 2.78 bits per heavy atom. The highest BCUT2D eigenvalue weighted by atomic mass is 35.5. The average Bonchev–Trinajstić information content (AvgIpc) is 3.10. The van der Waals surface area contributed by atoms with Gasteiger partial charge in [-0.15, -0.1) is 0 Å². The van der Waals surface area contributed by atoms with Gasteiger partial charge < -0.3 is 20.6 Å². The van der Waals surface area contributed by atoms with Crippen molar-refractivity contribution in [3.05, 3.63) is 34.6 Å². The number of hydrazone groups is 1. The van der Waals surface area contributed by atoms with Gasteiger partial charge in [0.1, 0.15) is 11.5 Å². The smallest absolute Gasteiger partial charge is 0.124 e. The van der Waals surface area contributed by atoms with E-state index < -0.39 is 5.82 Å². The molecule has 0 saturated carbocycles. The molecule has 2 fully saturated rings. The van der Waals surface area contributed by atoms with Gasteiger partial charge in [-0.05, 0) is 43.4 Å². The SMILES string of the molecule is NN=C(C(CO)=NC1CCN(CC2CCOCC2)C1)c1ccc(F)cc1Cl. The second-order valence-electron chi connectivity index (χ2n) is 7.09. The van der Waals surface area contributed by atoms with E-state index in [9.17, 15) is 9.50 Å². The molecule has 0 amide bonds. The third kappa shape index (κ3) is 5.25. The summed E-state index contributed by atoms with van der Waals surface area (Å²) in [5, 5.41) is 13.8. The average molecular weight is 397 g/mol. The molecule has 3 rings (SSSR count). The number of nitrogens with two attached hydrogens (primary N) is 1. The standard InChI is InChI=1S/C19H26ClFN4O2/c20-17-9-14(21)1-2-16(17)19(24-22)18(12-26)23-15-3-6-25(11-15)10-13-4-7-27-8-5-13/h1-2,9,13,15,26H,3-8,10-12,22H2. The summed E-state index contributed by atoms with van der Waals surface area (Å²) in [7, 11) is 0. The van der Waals surface area contributed by atoms with Crippen LogP contribution in [0, 0.1) is 11.7 Å². The lowest BCUT2D eigenvalue weighted by Crippen LogP contribution is -2.31. The maximum atomic E-state index is 13.3. The molecule has 0 aliphatic carbocycles. The van der Waals surface area contributed by atoms with Crippen LogP contribution in [-0.4, -0.2) is 66.9 Å². The minimum absolute atomic E-state index is 0.0722. The minimum atomic E-state index is -0.442. The van der Waals surface area contributed by atoms with Gasteiger partial charge in [0, 0.05) is 38.4 Å². The Balaban J connectivity index is 1.68. The molecule has 8 heteroatoms. The van der Waals surface area contributed by atoms with Gasteiger partial charge in [-0.1, -0.05) is 11.6 Å². The second kappa shape index (κ2) is 9.59. The Labute approximate surface area is 163 Å². The first kappa shape index (κ1) is 20.2. The molecule has 2 aliphatic rings. The lowest BCUT2D eigenvalue weighted by Gasteiger charge is -2.26. The molecular formula is C19H26ClFN4O2. The van der Waals surface area contributed by atoms with Crippen molar-refractivity contribution in [2.24, 2.45) is 21.9 Å². The zero-order chi connectivity index (χ0) is 19.2. The molecule has 6 nitrogen and oxygen atoms in total. The van der Waals surface area contributed by atoms with Crippen molar-refractivity contribution in [3.8, 4) is 0 Å². The normalized spacial score (nSPS) is 23.1. The van der Waals surface area contributed by atoms with Crippen molar-refractivity contribution in [3.63, 3.8) is 0 Å². The van der Waals surface area contributed by atoms with Crippen LogP contribution in [0.1, 0.15) is 24.8 Å². The molecule has 0 spiro atoms. The summed E-state index contributed by atoms with van der Waals surface area (Å²) in [6, 6.07) is 4.05. The third-order valence-electron chi connectivity index (χ3n) is 5.18. The number of ether oxygens (including phenoxy) is 1. The molecule has 0 aromatic heterocycles. The fraction of sp³-hybridized carbons (Fsp3) is 0.579. The maximum Gasteiger partial charge on any atom is 0.124 e. The summed E-state index contributed by atoms with van der Waals surface area (Å²) in [5.41, 5.74) is 1.14. The van der Waals surface area contributed by atoms with Crippen molar-refractivity contribution in [1.82, 2.24) is 4.90 Å². The Morgan fingerprint density at radius 2 is 2.11 bits per heavy atom. The van der Waals surface area contributed by atoms with Crippen LogP contribution in [0.15, 0.2) is 28.3 Å². The number of hydrogen-bond donors (Lipinski definition) is 2. The predicted molar refractivity (Wildman–Crippen MR) is 105 cm³/mol. The molecule has 3 N–H and O–H groups in total. The van der Waals surface area contributed by atoms with Crippen molar-refractivity contribution >= 4 is 23.0 Å². The number of halogens is 2. The van der Waals surface area contributed by atoms with Gasteiger partial charge in [-0.3, -0.25) is 4.99 Å². The Hall–Kier alpha value is -1.54. The molecule has 148 valence electrons. The molecule has 0 radical (unpaired) electrons. The second-order valence-corrected chi connectivity index (χ2v) is 7.50. The van der Waals surface area contributed by atoms with Crippen molar-refractivity contribution < 1.29 is 14.2 Å². The lowest BCUT2D eigenvalue weighted by molar-refractivity contribution is 0.0554. The van der Waals surface area contributed by atoms with Gasteiger partial charge >= 0.3 is 0 Å². The van der Waals surface area contributed by atoms with Crippen LogP contribution in [-0.2, 0) is 4.74 Å². The zero-order valence-corrected chi connectivity index (χ0v) is 16.0. The van der Waals surface area contributed by atoms with E-state index in [4.69, 9.17) is 22.2 Å². The highest BCUT2D eigenvalue weighted by molar-refractivity contribution is 6.51. The first-order valence-corrected chi connectivity index (χ1v) is 9.69. The zero-order valence-electron chi connectivity index (χ0n) is 15.3. The fourth-order valence-electron chi connectivity index (χ4n) is 3.76. The summed E-state index contributed by atoms with van der Waals surface area (Å²) in [5.74, 6) is 5.77. The molecule has 1 aromatic carbocycles. The van der Waals surface area contributed by atoms with Gasteiger partial charge in [0.15, 0.2) is 0 Å². The molecule has 1 aromatic rings. The van der Waals surface area contributed by atoms with Gasteiger partial charge in [0.2, 0.25) is 0 Å². The van der Waals surface area contributed by atoms with Gasteiger partial charge in [0.25, 0.3) is 0 Å². The monoisotopic (exact) mass is 396 g/mol. The molecular weight excluding hydrogens is 371 g/mol. The summed E-state index contributed by atoms with van der Waals surface area (Å²) in [4.78, 5) is 7.11. The van der Waals surface area contributed by atoms with E-state index in [1.165, 1.54) is 18.2 Å². The highest BCUT2D eigenvalue weighted by Crippen LogP contribution is 2.22. The van der Waals surface area contributed by atoms with E-state index >= 15 is 0 Å². The summed E-state index contributed by atoms with van der Waals surface area (Å²) < 4.78 is 18.7. The number of likely N-dealkylation sites (tertiary alicyclic amines) is 1. The molecule has 1 unspecified atom stereocenters. The van der Waals surface area contributed by atoms with E-state index in [1.54, 1.807) is 0 Å². The number of aliphatic hydroxyl groups excluding tert-OH is 1. The van der Waals surface area contributed by atoms with Crippen LogP contribution in [0.2, 0.25) is 5.02 Å². The fourth-order valence-corrected chi connectivity index (χ4v) is 4.01. The van der Waals surface area contributed by atoms with Crippen LogP contribution < -0.4 is 5.84 Å². The number of hydrogen-bond acceptors (Lipinski definition) is 6. The number of rotatable bonds is 6. The van der Waals surface area contributed by atoms with Crippen LogP contribution >= 0.6 is 11.6 Å². The minimum Gasteiger partial charge on any atom is -0.390 e. The molecule has 1 atom stereocenters. The summed E-state index contributed by atoms with van der Waals surface area (Å²) in [6.07, 6.45) is 3.14. The summed E-state index contributed by atoms with van der Waals surface area (Å²) in [6.45, 7) is 4.28. The molecule has 27 heavy (non-hydrogen) atoms. The van der Waals surface area contributed by atoms with Crippen molar-refractivity contribution in [2.45, 2.75) is 25.3 Å². The quantitative estimate of drug-likeness (QED) is 0.438. The predicted octanol–water partition coefficient (Wildman–Crippen LogP) is 2.08. The number of nitrogens with zero attached hydrogens (tertiary/aromatic N) is 3. The van der Waals surface area contributed by atoms with E-state index in [2.05, 4.69) is 15.0 Å². The first-order chi connectivity index (χ1) is 13.1. The van der Waals surface area contributed by atoms with Crippen LogP contribution in [0.4, 0.5) is 4.39 Å². The molecule has 2 heterocycles. The Bertz CT molecular complexity index is 707. The Kier molecular flexibility index (Phi) is 7.18. The largest absolute Gasteiger partial charge is 0.390 e. The van der Waals surface area contributed by atoms with Crippen LogP contribution in [0.3, 0.4) is 0 Å². The van der Waals surface area contributed by atoms with Crippen molar-refractivity contribution in [1.29, 1.82) is 0 Å². The third-order valence-corrected chi connectivity index (χ3v) is 5.49. The highest BCUT2D eigenvalue weighted by Gasteiger charge is 2.26. The number of aliphatic imine (C=N–C) groups is 1. The van der Waals surface area contributed by atoms with Gasteiger partial charge in [0.05, 0.1) is 23.4 Å². The molecule has 2 aliphatic heterocycles. The topological polar surface area (TPSA) is 83.4 Å². The number of benzene rings is 1. The van der Waals surface area contributed by atoms with Crippen LogP contribution in [0.5, 0.6) is 0 Å². The van der Waals surface area contributed by atoms with Crippen molar-refractivity contribution in [2.75, 3.05) is 39.5 Å². The van der Waals surface area contributed by atoms with E-state index in [0.717, 1.165) is 52.1 Å². The lowest BCUT2D eigenvalue weighted by atomic mass is 10.00. The van der Waals surface area contributed by atoms with Gasteiger partial charge in [-0.2, -0.15) is 5.10 Å². The van der Waals surface area contributed by atoms with E-state index in [0.29, 0.717) is 22.9 Å². The van der Waals surface area contributed by atoms with E-state index in [1.807, 2.05) is 0 Å². The summed E-state index contributed by atoms with van der Waals surface area (Å²) >= 11 is 6.12. The van der Waals surface area contributed by atoms with Crippen LogP contribution in [0.25, 0.3) is 0 Å².